The Hall–Kier alpha value is -2.89. The lowest BCUT2D eigenvalue weighted by Crippen LogP contribution is -2.36. The van der Waals surface area contributed by atoms with E-state index in [1.165, 1.54) is 0 Å². The molecule has 0 aliphatic heterocycles. The highest BCUT2D eigenvalue weighted by molar-refractivity contribution is 5.96. The van der Waals surface area contributed by atoms with Crippen LogP contribution in [0.5, 0.6) is 5.88 Å². The Morgan fingerprint density at radius 2 is 1.84 bits per heavy atom. The van der Waals surface area contributed by atoms with Crippen molar-refractivity contribution in [1.29, 1.82) is 0 Å². The fourth-order valence-electron chi connectivity index (χ4n) is 2.45. The van der Waals surface area contributed by atoms with E-state index in [0.717, 1.165) is 16.7 Å². The predicted octanol–water partition coefficient (Wildman–Crippen LogP) is 2.14. The van der Waals surface area contributed by atoms with Crippen LogP contribution in [0.25, 0.3) is 0 Å². The molecule has 2 aromatic rings. The lowest BCUT2D eigenvalue weighted by molar-refractivity contribution is -0.120. The Balaban J connectivity index is 1.85. The zero-order valence-corrected chi connectivity index (χ0v) is 14.8. The molecule has 1 heterocycles. The van der Waals surface area contributed by atoms with Gasteiger partial charge in [-0.15, -0.1) is 0 Å². The van der Waals surface area contributed by atoms with E-state index in [0.29, 0.717) is 24.6 Å². The fraction of sp³-hybridized carbons (Fsp3) is 0.316. The number of nitrogens with zero attached hydrogens (tertiary/aromatic N) is 1. The number of aromatic nitrogens is 1. The molecule has 6 nitrogen and oxygen atoms in total. The highest BCUT2D eigenvalue weighted by atomic mass is 16.5. The topological polar surface area (TPSA) is 80.3 Å². The molecule has 1 aromatic heterocycles. The van der Waals surface area contributed by atoms with Crippen LogP contribution in [0.2, 0.25) is 0 Å². The van der Waals surface area contributed by atoms with Gasteiger partial charge in [0.25, 0.3) is 5.91 Å². The summed E-state index contributed by atoms with van der Waals surface area (Å²) in [5, 5.41) is 5.39. The van der Waals surface area contributed by atoms with E-state index in [2.05, 4.69) is 15.6 Å². The van der Waals surface area contributed by atoms with Crippen LogP contribution in [0.15, 0.2) is 36.5 Å². The maximum absolute atomic E-state index is 12.1. The summed E-state index contributed by atoms with van der Waals surface area (Å²) in [4.78, 5) is 28.2. The molecule has 0 radical (unpaired) electrons. The maximum Gasteiger partial charge on any atom is 0.251 e. The molecule has 0 atom stereocenters. The Bertz CT molecular complexity index is 739. The van der Waals surface area contributed by atoms with Gasteiger partial charge in [0.05, 0.1) is 13.2 Å². The molecule has 0 saturated carbocycles. The molecule has 0 bridgehead atoms. The number of ether oxygens (including phenoxy) is 1. The number of carbonyl (C=O) groups excluding carboxylic acids is 2. The lowest BCUT2D eigenvalue weighted by Gasteiger charge is -2.10. The van der Waals surface area contributed by atoms with Gasteiger partial charge in [0, 0.05) is 23.9 Å². The summed E-state index contributed by atoms with van der Waals surface area (Å²) in [5.41, 5.74) is 3.36. The number of hydrogen-bond donors (Lipinski definition) is 2. The first-order valence-corrected chi connectivity index (χ1v) is 8.19. The Labute approximate surface area is 147 Å². The molecule has 2 rings (SSSR count). The van der Waals surface area contributed by atoms with Crippen LogP contribution in [0, 0.1) is 13.8 Å². The highest BCUT2D eigenvalue weighted by Crippen LogP contribution is 2.13. The molecular weight excluding hydrogens is 318 g/mol. The standard InChI is InChI=1S/C19H23N3O3/c1-4-25-19-15(6-5-7-20-19)11-21-17(23)12-22-18(24)16-9-13(2)8-14(3)10-16/h5-10H,4,11-12H2,1-3H3,(H,21,23)(H,22,24). The number of nitrogens with one attached hydrogen (secondary N) is 2. The predicted molar refractivity (Wildman–Crippen MR) is 95.5 cm³/mol. The van der Waals surface area contributed by atoms with E-state index in [-0.39, 0.29) is 18.4 Å². The summed E-state index contributed by atoms with van der Waals surface area (Å²) in [6, 6.07) is 9.21. The number of benzene rings is 1. The summed E-state index contributed by atoms with van der Waals surface area (Å²) in [6.07, 6.45) is 1.64. The quantitative estimate of drug-likeness (QED) is 0.809. The summed E-state index contributed by atoms with van der Waals surface area (Å²) in [5.74, 6) is -0.0352. The maximum atomic E-state index is 12.1. The zero-order valence-electron chi connectivity index (χ0n) is 14.8. The van der Waals surface area contributed by atoms with Gasteiger partial charge in [-0.2, -0.15) is 0 Å². The Morgan fingerprint density at radius 3 is 2.52 bits per heavy atom. The van der Waals surface area contributed by atoms with Gasteiger partial charge in [-0.05, 0) is 39.0 Å². The van der Waals surface area contributed by atoms with Gasteiger partial charge in [0.1, 0.15) is 0 Å². The van der Waals surface area contributed by atoms with Gasteiger partial charge in [-0.3, -0.25) is 9.59 Å². The average Bonchev–Trinajstić information content (AvgIpc) is 2.58. The molecule has 2 N–H and O–H groups in total. The van der Waals surface area contributed by atoms with E-state index in [1.54, 1.807) is 24.4 Å². The summed E-state index contributed by atoms with van der Waals surface area (Å²) in [7, 11) is 0. The molecule has 2 amide bonds. The second kappa shape index (κ2) is 8.82. The van der Waals surface area contributed by atoms with Crippen molar-refractivity contribution in [3.05, 3.63) is 58.8 Å². The van der Waals surface area contributed by atoms with Crippen LogP contribution in [0.4, 0.5) is 0 Å². The van der Waals surface area contributed by atoms with Gasteiger partial charge < -0.3 is 15.4 Å². The molecule has 0 aliphatic carbocycles. The van der Waals surface area contributed by atoms with E-state index >= 15 is 0 Å². The van der Waals surface area contributed by atoms with Crippen molar-refractivity contribution in [1.82, 2.24) is 15.6 Å². The molecule has 1 aromatic carbocycles. The van der Waals surface area contributed by atoms with Crippen molar-refractivity contribution in [3.8, 4) is 5.88 Å². The number of rotatable bonds is 7. The molecular formula is C19H23N3O3. The van der Waals surface area contributed by atoms with Crippen LogP contribution < -0.4 is 15.4 Å². The SMILES string of the molecule is CCOc1ncccc1CNC(=O)CNC(=O)c1cc(C)cc(C)c1. The second-order valence-electron chi connectivity index (χ2n) is 5.74. The fourth-order valence-corrected chi connectivity index (χ4v) is 2.45. The van der Waals surface area contributed by atoms with E-state index in [9.17, 15) is 9.59 Å². The number of pyridine rings is 1. The molecule has 6 heteroatoms. The molecule has 0 fully saturated rings. The average molecular weight is 341 g/mol. The van der Waals surface area contributed by atoms with Crippen molar-refractivity contribution in [2.24, 2.45) is 0 Å². The van der Waals surface area contributed by atoms with E-state index in [1.807, 2.05) is 32.9 Å². The smallest absolute Gasteiger partial charge is 0.251 e. The van der Waals surface area contributed by atoms with E-state index < -0.39 is 0 Å². The summed E-state index contributed by atoms with van der Waals surface area (Å²) < 4.78 is 5.42. The summed E-state index contributed by atoms with van der Waals surface area (Å²) in [6.45, 7) is 6.45. The third kappa shape index (κ3) is 5.60. The highest BCUT2D eigenvalue weighted by Gasteiger charge is 2.10. The second-order valence-corrected chi connectivity index (χ2v) is 5.74. The number of aryl methyl sites for hydroxylation is 2. The van der Waals surface area contributed by atoms with Gasteiger partial charge in [-0.25, -0.2) is 4.98 Å². The molecule has 0 unspecified atom stereocenters. The van der Waals surface area contributed by atoms with Crippen LogP contribution in [0.3, 0.4) is 0 Å². The molecule has 132 valence electrons. The minimum absolute atomic E-state index is 0.0872. The van der Waals surface area contributed by atoms with Crippen molar-refractivity contribution in [3.63, 3.8) is 0 Å². The van der Waals surface area contributed by atoms with Crippen molar-refractivity contribution in [2.45, 2.75) is 27.3 Å². The Morgan fingerprint density at radius 1 is 1.12 bits per heavy atom. The van der Waals surface area contributed by atoms with Gasteiger partial charge in [-0.1, -0.05) is 23.3 Å². The third-order valence-electron chi connectivity index (χ3n) is 3.50. The normalized spacial score (nSPS) is 10.2. The minimum atomic E-state index is -0.274. The first-order valence-electron chi connectivity index (χ1n) is 8.19. The number of carbonyl (C=O) groups is 2. The molecule has 0 spiro atoms. The van der Waals surface area contributed by atoms with Crippen LogP contribution in [-0.4, -0.2) is 29.9 Å². The summed E-state index contributed by atoms with van der Waals surface area (Å²) >= 11 is 0. The van der Waals surface area contributed by atoms with Crippen LogP contribution >= 0.6 is 0 Å². The first kappa shape index (κ1) is 18.4. The van der Waals surface area contributed by atoms with E-state index in [4.69, 9.17) is 4.74 Å². The van der Waals surface area contributed by atoms with Crippen molar-refractivity contribution < 1.29 is 14.3 Å². The number of hydrogen-bond acceptors (Lipinski definition) is 4. The van der Waals surface area contributed by atoms with Gasteiger partial charge in [0.15, 0.2) is 0 Å². The number of amides is 2. The largest absolute Gasteiger partial charge is 0.478 e. The van der Waals surface area contributed by atoms with Gasteiger partial charge >= 0.3 is 0 Å². The lowest BCUT2D eigenvalue weighted by atomic mass is 10.1. The van der Waals surface area contributed by atoms with Crippen molar-refractivity contribution in [2.75, 3.05) is 13.2 Å². The molecule has 0 aliphatic rings. The minimum Gasteiger partial charge on any atom is -0.478 e. The monoisotopic (exact) mass is 341 g/mol. The van der Waals surface area contributed by atoms with Crippen LogP contribution in [0.1, 0.15) is 34.0 Å². The Kier molecular flexibility index (Phi) is 6.51. The van der Waals surface area contributed by atoms with Crippen LogP contribution in [-0.2, 0) is 11.3 Å². The first-order chi connectivity index (χ1) is 12.0. The third-order valence-corrected chi connectivity index (χ3v) is 3.50. The van der Waals surface area contributed by atoms with Crippen molar-refractivity contribution >= 4 is 11.8 Å². The molecule has 25 heavy (non-hydrogen) atoms. The zero-order chi connectivity index (χ0) is 18.2. The molecule has 0 saturated heterocycles. The van der Waals surface area contributed by atoms with Gasteiger partial charge in [0.2, 0.25) is 11.8 Å².